The lowest BCUT2D eigenvalue weighted by atomic mass is 10.2. The van der Waals surface area contributed by atoms with Gasteiger partial charge >= 0.3 is 12.0 Å². The Labute approximate surface area is 139 Å². The van der Waals surface area contributed by atoms with Crippen molar-refractivity contribution in [1.82, 2.24) is 9.80 Å². The highest BCUT2D eigenvalue weighted by Crippen LogP contribution is 2.10. The summed E-state index contributed by atoms with van der Waals surface area (Å²) in [5, 5.41) is 0. The molecular formula is C14H22N2O8. The second-order valence-electron chi connectivity index (χ2n) is 4.89. The monoisotopic (exact) mass is 346 g/mol. The minimum atomic E-state index is -0.925. The number of imide groups is 2. The third kappa shape index (κ3) is 6.60. The van der Waals surface area contributed by atoms with Crippen molar-refractivity contribution in [3.63, 3.8) is 0 Å². The molecule has 1 aliphatic rings. The van der Waals surface area contributed by atoms with Crippen molar-refractivity contribution in [3.05, 3.63) is 0 Å². The van der Waals surface area contributed by atoms with E-state index in [2.05, 4.69) is 9.78 Å². The van der Waals surface area contributed by atoms with Gasteiger partial charge in [-0.05, 0) is 6.42 Å². The summed E-state index contributed by atoms with van der Waals surface area (Å²) in [6.45, 7) is 3.12. The predicted molar refractivity (Wildman–Crippen MR) is 78.5 cm³/mol. The van der Waals surface area contributed by atoms with Gasteiger partial charge in [0.15, 0.2) is 0 Å². The van der Waals surface area contributed by atoms with Crippen LogP contribution in [0.4, 0.5) is 4.79 Å². The summed E-state index contributed by atoms with van der Waals surface area (Å²) in [7, 11) is 1.23. The molecular weight excluding hydrogens is 324 g/mol. The van der Waals surface area contributed by atoms with Crippen LogP contribution < -0.4 is 0 Å². The third-order valence-corrected chi connectivity index (χ3v) is 2.97. The Morgan fingerprint density at radius 1 is 1.00 bits per heavy atom. The molecule has 10 heteroatoms. The van der Waals surface area contributed by atoms with E-state index >= 15 is 0 Å². The van der Waals surface area contributed by atoms with Crippen molar-refractivity contribution >= 4 is 23.8 Å². The minimum absolute atomic E-state index is 0.000199. The van der Waals surface area contributed by atoms with Gasteiger partial charge in [0.25, 0.3) is 0 Å². The summed E-state index contributed by atoms with van der Waals surface area (Å²) in [5.74, 6) is -2.30. The first-order chi connectivity index (χ1) is 11.5. The first kappa shape index (κ1) is 20.0. The molecule has 0 radical (unpaired) electrons. The Hall–Kier alpha value is -2.04. The van der Waals surface area contributed by atoms with Crippen LogP contribution in [-0.4, -0.2) is 80.2 Å². The Balaban J connectivity index is 2.14. The number of hydrogen-bond acceptors (Lipinski definition) is 8. The van der Waals surface area contributed by atoms with E-state index < -0.39 is 36.8 Å². The van der Waals surface area contributed by atoms with Gasteiger partial charge < -0.3 is 9.47 Å². The maximum absolute atomic E-state index is 11.7. The highest BCUT2D eigenvalue weighted by atomic mass is 17.2. The van der Waals surface area contributed by atoms with Crippen LogP contribution in [0.15, 0.2) is 0 Å². The van der Waals surface area contributed by atoms with Crippen LogP contribution in [0.25, 0.3) is 0 Å². The van der Waals surface area contributed by atoms with Gasteiger partial charge in [-0.25, -0.2) is 9.59 Å². The molecule has 0 aliphatic carbocycles. The van der Waals surface area contributed by atoms with Crippen LogP contribution in [0.2, 0.25) is 0 Å². The van der Waals surface area contributed by atoms with Gasteiger partial charge in [-0.15, -0.1) is 0 Å². The Morgan fingerprint density at radius 3 is 2.29 bits per heavy atom. The van der Waals surface area contributed by atoms with Crippen LogP contribution in [0.1, 0.15) is 19.8 Å². The number of amides is 4. The van der Waals surface area contributed by atoms with Gasteiger partial charge in [0.05, 0.1) is 19.8 Å². The van der Waals surface area contributed by atoms with Crippen LogP contribution in [-0.2, 0) is 33.6 Å². The molecule has 0 aromatic carbocycles. The number of carbonyl (C=O) groups is 4. The van der Waals surface area contributed by atoms with E-state index in [-0.39, 0.29) is 13.2 Å². The molecule has 0 bridgehead atoms. The van der Waals surface area contributed by atoms with Crippen molar-refractivity contribution in [2.24, 2.45) is 0 Å². The summed E-state index contributed by atoms with van der Waals surface area (Å²) in [5.41, 5.74) is 0. The van der Waals surface area contributed by atoms with Gasteiger partial charge in [0, 0.05) is 13.7 Å². The fourth-order valence-electron chi connectivity index (χ4n) is 1.72. The summed E-state index contributed by atoms with van der Waals surface area (Å²) < 4.78 is 10.4. The molecule has 136 valence electrons. The van der Waals surface area contributed by atoms with Crippen LogP contribution in [0.5, 0.6) is 0 Å². The molecule has 1 saturated heterocycles. The van der Waals surface area contributed by atoms with Crippen LogP contribution in [0, 0.1) is 0 Å². The maximum atomic E-state index is 11.7. The zero-order valence-electron chi connectivity index (χ0n) is 13.8. The number of hydrogen-bond donors (Lipinski definition) is 0. The molecule has 0 aromatic rings. The topological polar surface area (TPSA) is 112 Å². The lowest BCUT2D eigenvalue weighted by Crippen LogP contribution is -2.54. The highest BCUT2D eigenvalue weighted by Gasteiger charge is 2.37. The quantitative estimate of drug-likeness (QED) is 0.217. The summed E-state index contributed by atoms with van der Waals surface area (Å²) in [4.78, 5) is 56.7. The van der Waals surface area contributed by atoms with Gasteiger partial charge in [-0.1, -0.05) is 6.92 Å². The highest BCUT2D eigenvalue weighted by molar-refractivity contribution is 6.14. The van der Waals surface area contributed by atoms with Crippen molar-refractivity contribution in [2.45, 2.75) is 19.8 Å². The lowest BCUT2D eigenvalue weighted by Gasteiger charge is -2.29. The molecule has 0 saturated carbocycles. The zero-order valence-corrected chi connectivity index (χ0v) is 13.8. The second kappa shape index (κ2) is 10.7. The SMILES string of the molecule is CCCOCCOCCOOC(=O)CN1C(=O)CC(=O)N(C)C1=O. The molecule has 24 heavy (non-hydrogen) atoms. The molecule has 1 heterocycles. The number of carbonyl (C=O) groups excluding carboxylic acids is 4. The molecule has 1 aliphatic heterocycles. The maximum Gasteiger partial charge on any atom is 0.362 e. The third-order valence-electron chi connectivity index (χ3n) is 2.97. The molecule has 1 fully saturated rings. The average molecular weight is 346 g/mol. The Morgan fingerprint density at radius 2 is 1.62 bits per heavy atom. The lowest BCUT2D eigenvalue weighted by molar-refractivity contribution is -0.276. The first-order valence-electron chi connectivity index (χ1n) is 7.56. The van der Waals surface area contributed by atoms with E-state index in [0.717, 1.165) is 11.3 Å². The van der Waals surface area contributed by atoms with Crippen molar-refractivity contribution in [3.8, 4) is 0 Å². The number of nitrogens with zero attached hydrogens (tertiary/aromatic N) is 2. The smallest absolute Gasteiger partial charge is 0.362 e. The number of barbiturate groups is 1. The fraction of sp³-hybridized carbons (Fsp3) is 0.714. The van der Waals surface area contributed by atoms with Gasteiger partial charge in [-0.3, -0.25) is 24.3 Å². The van der Waals surface area contributed by atoms with Crippen molar-refractivity contribution in [1.29, 1.82) is 0 Å². The van der Waals surface area contributed by atoms with Crippen molar-refractivity contribution < 1.29 is 38.4 Å². The molecule has 0 unspecified atom stereocenters. The number of rotatable bonds is 11. The molecule has 0 aromatic heterocycles. The fourth-order valence-corrected chi connectivity index (χ4v) is 1.72. The number of ether oxygens (including phenoxy) is 2. The summed E-state index contributed by atoms with van der Waals surface area (Å²) in [6, 6.07) is -0.872. The van der Waals surface area contributed by atoms with E-state index in [1.54, 1.807) is 0 Å². The standard InChI is InChI=1S/C14H22N2O8/c1-3-4-21-5-6-22-7-8-23-24-13(19)10-16-12(18)9-11(17)15(2)14(16)20/h3-10H2,1-2H3. The second-order valence-corrected chi connectivity index (χ2v) is 4.89. The van der Waals surface area contributed by atoms with Gasteiger partial charge in [-0.2, -0.15) is 4.89 Å². The van der Waals surface area contributed by atoms with E-state index in [1.165, 1.54) is 7.05 Å². The minimum Gasteiger partial charge on any atom is -0.379 e. The van der Waals surface area contributed by atoms with Crippen LogP contribution in [0.3, 0.4) is 0 Å². The molecule has 10 nitrogen and oxygen atoms in total. The van der Waals surface area contributed by atoms with E-state index in [1.807, 2.05) is 6.92 Å². The summed E-state index contributed by atoms with van der Waals surface area (Å²) in [6.07, 6.45) is 0.468. The zero-order chi connectivity index (χ0) is 17.9. The molecule has 1 rings (SSSR count). The molecule has 0 atom stereocenters. The predicted octanol–water partition coefficient (Wildman–Crippen LogP) is -0.285. The normalized spacial score (nSPS) is 15.2. The Kier molecular flexibility index (Phi) is 8.90. The van der Waals surface area contributed by atoms with Crippen LogP contribution >= 0.6 is 0 Å². The average Bonchev–Trinajstić information content (AvgIpc) is 2.55. The van der Waals surface area contributed by atoms with E-state index in [0.29, 0.717) is 24.7 Å². The largest absolute Gasteiger partial charge is 0.379 e. The van der Waals surface area contributed by atoms with E-state index in [4.69, 9.17) is 9.47 Å². The summed E-state index contributed by atoms with van der Waals surface area (Å²) >= 11 is 0. The molecule has 0 spiro atoms. The Bertz CT molecular complexity index is 468. The van der Waals surface area contributed by atoms with Crippen molar-refractivity contribution in [2.75, 3.05) is 46.6 Å². The van der Waals surface area contributed by atoms with Gasteiger partial charge in [0.2, 0.25) is 11.8 Å². The molecule has 0 N–H and O–H groups in total. The van der Waals surface area contributed by atoms with E-state index in [9.17, 15) is 19.2 Å². The number of urea groups is 1. The molecule has 4 amide bonds. The first-order valence-corrected chi connectivity index (χ1v) is 7.56. The van der Waals surface area contributed by atoms with Gasteiger partial charge in [0.1, 0.15) is 19.6 Å².